The Hall–Kier alpha value is -4.30. The summed E-state index contributed by atoms with van der Waals surface area (Å²) in [7, 11) is 0.139. The van der Waals surface area contributed by atoms with E-state index in [2.05, 4.69) is 29.9 Å². The fraction of sp³-hybridized carbons (Fsp3) is 0.261. The third kappa shape index (κ3) is 5.15. The average molecular weight is 528 g/mol. The number of para-hydroxylation sites is 1. The lowest BCUT2D eigenvalue weighted by atomic mass is 10.2. The number of methoxy groups -OCH3 is 3. The van der Waals surface area contributed by atoms with Crippen LogP contribution >= 0.6 is 0 Å². The van der Waals surface area contributed by atoms with Gasteiger partial charge in [0.05, 0.1) is 39.4 Å². The number of aliphatic hydroxyl groups is 1. The van der Waals surface area contributed by atoms with E-state index in [1.165, 1.54) is 45.2 Å². The van der Waals surface area contributed by atoms with E-state index in [4.69, 9.17) is 14.2 Å². The molecule has 4 rings (SSSR count). The molecular weight excluding hydrogens is 502 g/mol. The van der Waals surface area contributed by atoms with E-state index in [0.29, 0.717) is 22.7 Å². The quantitative estimate of drug-likeness (QED) is 0.310. The summed E-state index contributed by atoms with van der Waals surface area (Å²) < 4.78 is 46.7. The number of rotatable bonds is 10. The molecule has 13 nitrogen and oxygen atoms in total. The Morgan fingerprint density at radius 3 is 2.24 bits per heavy atom. The van der Waals surface area contributed by atoms with Crippen molar-refractivity contribution in [3.63, 3.8) is 0 Å². The number of ether oxygens (including phenoxy) is 3. The predicted molar refractivity (Wildman–Crippen MR) is 133 cm³/mol. The fourth-order valence-electron chi connectivity index (χ4n) is 3.51. The van der Waals surface area contributed by atoms with Crippen molar-refractivity contribution in [2.75, 3.05) is 26.1 Å². The lowest BCUT2D eigenvalue weighted by molar-refractivity contribution is 0.170. The van der Waals surface area contributed by atoms with Gasteiger partial charge in [0.15, 0.2) is 5.82 Å². The molecule has 0 bridgehead atoms. The molecule has 0 spiro atoms. The Kier molecular flexibility index (Phi) is 7.50. The van der Waals surface area contributed by atoms with Gasteiger partial charge in [0, 0.05) is 18.0 Å². The van der Waals surface area contributed by atoms with Crippen LogP contribution in [-0.4, -0.2) is 69.8 Å². The van der Waals surface area contributed by atoms with Crippen molar-refractivity contribution in [3.05, 3.63) is 60.8 Å². The number of hydrogen-bond acceptors (Lipinski definition) is 11. The normalized spacial score (nSPS) is 13.0. The zero-order chi connectivity index (χ0) is 26.6. The van der Waals surface area contributed by atoms with Crippen LogP contribution in [0.5, 0.6) is 17.4 Å². The molecule has 0 aliphatic heterocycles. The summed E-state index contributed by atoms with van der Waals surface area (Å²) in [5.74, 6) is 1.12. The van der Waals surface area contributed by atoms with Crippen LogP contribution < -0.4 is 18.9 Å². The topological polar surface area (TPSA) is 163 Å². The van der Waals surface area contributed by atoms with Gasteiger partial charge in [-0.1, -0.05) is 6.07 Å². The van der Waals surface area contributed by atoms with Gasteiger partial charge in [-0.05, 0) is 31.2 Å². The summed E-state index contributed by atoms with van der Waals surface area (Å²) in [5.41, 5.74) is 0.987. The Morgan fingerprint density at radius 2 is 1.68 bits per heavy atom. The van der Waals surface area contributed by atoms with Crippen LogP contribution in [0.1, 0.15) is 18.7 Å². The van der Waals surface area contributed by atoms with Gasteiger partial charge in [0.25, 0.3) is 0 Å². The zero-order valence-electron chi connectivity index (χ0n) is 20.4. The minimum atomic E-state index is -4.23. The first kappa shape index (κ1) is 25.8. The van der Waals surface area contributed by atoms with Crippen LogP contribution in [0.25, 0.3) is 17.1 Å². The molecule has 0 saturated heterocycles. The van der Waals surface area contributed by atoms with E-state index in [9.17, 15) is 13.5 Å². The van der Waals surface area contributed by atoms with Gasteiger partial charge in [-0.15, -0.1) is 10.2 Å². The minimum absolute atomic E-state index is 0.0580. The minimum Gasteiger partial charge on any atom is -0.494 e. The molecule has 2 N–H and O–H groups in total. The second-order valence-corrected chi connectivity index (χ2v) is 9.75. The van der Waals surface area contributed by atoms with Crippen molar-refractivity contribution >= 4 is 16.0 Å². The molecule has 0 saturated carbocycles. The molecule has 0 aliphatic rings. The molecule has 0 radical (unpaired) electrons. The van der Waals surface area contributed by atoms with Crippen LogP contribution in [0, 0.1) is 0 Å². The number of benzene rings is 1. The molecule has 3 aromatic heterocycles. The summed E-state index contributed by atoms with van der Waals surface area (Å²) in [6.45, 7) is 1.34. The first-order chi connectivity index (χ1) is 17.8. The van der Waals surface area contributed by atoms with E-state index in [1.807, 2.05) is 0 Å². The van der Waals surface area contributed by atoms with Crippen molar-refractivity contribution in [1.29, 1.82) is 0 Å². The average Bonchev–Trinajstić information content (AvgIpc) is 3.34. The molecule has 3 heterocycles. The molecule has 0 amide bonds. The van der Waals surface area contributed by atoms with E-state index >= 15 is 0 Å². The van der Waals surface area contributed by atoms with Crippen molar-refractivity contribution < 1.29 is 27.7 Å². The lowest BCUT2D eigenvalue weighted by Crippen LogP contribution is -2.32. The summed E-state index contributed by atoms with van der Waals surface area (Å²) in [6.07, 6.45) is 4.21. The van der Waals surface area contributed by atoms with E-state index in [0.717, 1.165) is 0 Å². The first-order valence-corrected chi connectivity index (χ1v) is 12.5. The maximum Gasteiger partial charge on any atom is 0.243 e. The van der Waals surface area contributed by atoms with Crippen LogP contribution in [0.4, 0.5) is 5.95 Å². The summed E-state index contributed by atoms with van der Waals surface area (Å²) in [6, 6.07) is 8.58. The SMILES string of the molecule is COc1cnc([C@@H](O)[C@H](C)S(=O)(=O)Nc2nnc(-c3cccnc3)n2-c2c(OC)cccc2OC)cn1. The summed E-state index contributed by atoms with van der Waals surface area (Å²) in [5, 5.41) is 17.7. The van der Waals surface area contributed by atoms with Crippen LogP contribution in [0.2, 0.25) is 0 Å². The molecule has 14 heteroatoms. The van der Waals surface area contributed by atoms with Crippen LogP contribution in [-0.2, 0) is 10.0 Å². The van der Waals surface area contributed by atoms with Gasteiger partial charge >= 0.3 is 0 Å². The van der Waals surface area contributed by atoms with Gasteiger partial charge in [-0.2, -0.15) is 0 Å². The van der Waals surface area contributed by atoms with Crippen molar-refractivity contribution in [2.45, 2.75) is 18.3 Å². The second-order valence-electron chi connectivity index (χ2n) is 7.72. The molecule has 37 heavy (non-hydrogen) atoms. The van der Waals surface area contributed by atoms with Crippen molar-refractivity contribution in [1.82, 2.24) is 29.7 Å². The number of anilines is 1. The number of pyridine rings is 1. The van der Waals surface area contributed by atoms with Crippen molar-refractivity contribution in [3.8, 4) is 34.5 Å². The smallest absolute Gasteiger partial charge is 0.243 e. The summed E-state index contributed by atoms with van der Waals surface area (Å²) in [4.78, 5) is 12.1. The number of aromatic nitrogens is 6. The van der Waals surface area contributed by atoms with Crippen LogP contribution in [0.15, 0.2) is 55.1 Å². The van der Waals surface area contributed by atoms with Crippen LogP contribution in [0.3, 0.4) is 0 Å². The molecule has 1 aromatic carbocycles. The Morgan fingerprint density at radius 1 is 0.946 bits per heavy atom. The molecule has 0 aliphatic carbocycles. The third-order valence-corrected chi connectivity index (χ3v) is 7.24. The standard InChI is InChI=1S/C23H25N7O6S/c1-14(21(31)16-12-26-19(36-4)13-25-16)37(32,33)29-23-28-27-22(15-7-6-10-24-11-15)30(23)20-17(34-2)8-5-9-18(20)35-3/h5-14,21,31H,1-4H3,(H,28,29)/t14-,21-/m0/s1. The highest BCUT2D eigenvalue weighted by Gasteiger charge is 2.33. The number of hydrogen-bond donors (Lipinski definition) is 2. The van der Waals surface area contributed by atoms with E-state index < -0.39 is 21.4 Å². The maximum absolute atomic E-state index is 13.4. The van der Waals surface area contributed by atoms with Gasteiger partial charge in [-0.3, -0.25) is 19.3 Å². The van der Waals surface area contributed by atoms with Gasteiger partial charge in [0.2, 0.25) is 21.9 Å². The van der Waals surface area contributed by atoms with Gasteiger partial charge in [-0.25, -0.2) is 13.4 Å². The first-order valence-electron chi connectivity index (χ1n) is 10.9. The van der Waals surface area contributed by atoms with E-state index in [1.54, 1.807) is 42.7 Å². The monoisotopic (exact) mass is 527 g/mol. The van der Waals surface area contributed by atoms with Gasteiger partial charge < -0.3 is 19.3 Å². The fourth-order valence-corrected chi connectivity index (χ4v) is 4.56. The third-order valence-electron chi connectivity index (χ3n) is 5.54. The molecule has 194 valence electrons. The number of nitrogens with zero attached hydrogens (tertiary/aromatic N) is 6. The highest BCUT2D eigenvalue weighted by molar-refractivity contribution is 7.93. The number of aliphatic hydroxyl groups excluding tert-OH is 1. The number of sulfonamides is 1. The predicted octanol–water partition coefficient (Wildman–Crippen LogP) is 2.01. The molecule has 0 fully saturated rings. The molecule has 2 atom stereocenters. The van der Waals surface area contributed by atoms with Crippen molar-refractivity contribution in [2.24, 2.45) is 0 Å². The maximum atomic E-state index is 13.4. The number of nitrogens with one attached hydrogen (secondary N) is 1. The zero-order valence-corrected chi connectivity index (χ0v) is 21.2. The molecule has 4 aromatic rings. The van der Waals surface area contributed by atoms with E-state index in [-0.39, 0.29) is 23.3 Å². The van der Waals surface area contributed by atoms with Gasteiger partial charge in [0.1, 0.15) is 28.5 Å². The second kappa shape index (κ2) is 10.8. The Balaban J connectivity index is 1.79. The summed E-state index contributed by atoms with van der Waals surface area (Å²) >= 11 is 0. The lowest BCUT2D eigenvalue weighted by Gasteiger charge is -2.21. The Labute approximate surface area is 213 Å². The largest absolute Gasteiger partial charge is 0.494 e. The molecule has 0 unspecified atom stereocenters. The highest BCUT2D eigenvalue weighted by Crippen LogP contribution is 2.37. The molecular formula is C23H25N7O6S. The highest BCUT2D eigenvalue weighted by atomic mass is 32.2. The Bertz CT molecular complexity index is 1440.